The van der Waals surface area contributed by atoms with E-state index in [1.54, 1.807) is 17.8 Å². The lowest BCUT2D eigenvalue weighted by atomic mass is 10.1. The number of hydrogen-bond acceptors (Lipinski definition) is 2. The molecule has 2 rings (SSSR count). The Morgan fingerprint density at radius 1 is 1.05 bits per heavy atom. The van der Waals surface area contributed by atoms with Crippen LogP contribution in [0.5, 0.6) is 0 Å². The smallest absolute Gasteiger partial charge is 0.384 e. The van der Waals surface area contributed by atoms with Gasteiger partial charge in [0.1, 0.15) is 0 Å². The fourth-order valence-corrected chi connectivity index (χ4v) is 2.93. The molecule has 0 saturated carbocycles. The molecule has 0 aromatic heterocycles. The third-order valence-electron chi connectivity index (χ3n) is 2.72. The van der Waals surface area contributed by atoms with E-state index in [0.717, 1.165) is 11.0 Å². The van der Waals surface area contributed by atoms with Gasteiger partial charge in [0.25, 0.3) is 0 Å². The lowest BCUT2D eigenvalue weighted by Crippen LogP contribution is -2.12. The van der Waals surface area contributed by atoms with Gasteiger partial charge in [-0.25, -0.2) is 0 Å². The molecule has 112 valence electrons. The van der Waals surface area contributed by atoms with E-state index in [4.69, 9.17) is 0 Å². The van der Waals surface area contributed by atoms with E-state index in [2.05, 4.69) is 21.2 Å². The van der Waals surface area contributed by atoms with E-state index < -0.39 is 11.7 Å². The van der Waals surface area contributed by atoms with Crippen molar-refractivity contribution in [3.8, 4) is 0 Å². The molecule has 0 aliphatic carbocycles. The second-order valence-electron chi connectivity index (χ2n) is 4.28. The van der Waals surface area contributed by atoms with Crippen LogP contribution in [0.3, 0.4) is 0 Å². The average Bonchev–Trinajstić information content (AvgIpc) is 2.45. The van der Waals surface area contributed by atoms with Crippen LogP contribution in [-0.2, 0) is 6.18 Å². The summed E-state index contributed by atoms with van der Waals surface area (Å²) in [6.07, 6.45) is -4.36. The molecule has 0 atom stereocenters. The van der Waals surface area contributed by atoms with Crippen LogP contribution in [0.1, 0.15) is 5.56 Å². The largest absolute Gasteiger partial charge is 0.418 e. The van der Waals surface area contributed by atoms with E-state index in [-0.39, 0.29) is 5.69 Å². The molecular weight excluding hydrogens is 363 g/mol. The summed E-state index contributed by atoms with van der Waals surface area (Å²) in [5.41, 5.74) is -0.541. The van der Waals surface area contributed by atoms with Crippen molar-refractivity contribution >= 4 is 33.4 Å². The Morgan fingerprint density at radius 3 is 2.43 bits per heavy atom. The predicted octanol–water partition coefficient (Wildman–Crippen LogP) is 5.67. The minimum atomic E-state index is -4.36. The number of nitrogens with one attached hydrogen (secondary N) is 1. The highest BCUT2D eigenvalue weighted by Crippen LogP contribution is 2.36. The van der Waals surface area contributed by atoms with E-state index in [9.17, 15) is 13.2 Å². The third kappa shape index (κ3) is 4.97. The van der Waals surface area contributed by atoms with Gasteiger partial charge in [0.2, 0.25) is 0 Å². The van der Waals surface area contributed by atoms with Gasteiger partial charge in [-0.05, 0) is 30.3 Å². The first-order valence-corrected chi connectivity index (χ1v) is 8.03. The lowest BCUT2D eigenvalue weighted by molar-refractivity contribution is -0.137. The van der Waals surface area contributed by atoms with Gasteiger partial charge in [-0.2, -0.15) is 13.2 Å². The van der Waals surface area contributed by atoms with Crippen LogP contribution in [0.4, 0.5) is 18.9 Å². The van der Waals surface area contributed by atoms with E-state index in [1.807, 2.05) is 30.3 Å². The van der Waals surface area contributed by atoms with Gasteiger partial charge in [-0.3, -0.25) is 0 Å². The van der Waals surface area contributed by atoms with Gasteiger partial charge in [0, 0.05) is 27.4 Å². The van der Waals surface area contributed by atoms with Gasteiger partial charge < -0.3 is 5.32 Å². The number of thioether (sulfide) groups is 1. The summed E-state index contributed by atoms with van der Waals surface area (Å²) >= 11 is 4.67. The van der Waals surface area contributed by atoms with E-state index in [1.165, 1.54) is 6.07 Å². The van der Waals surface area contributed by atoms with Crippen molar-refractivity contribution < 1.29 is 13.2 Å². The van der Waals surface area contributed by atoms with Gasteiger partial charge in [-0.15, -0.1) is 11.8 Å². The number of anilines is 1. The number of halogens is 4. The SMILES string of the molecule is FC(F)(F)c1cc(Br)ccc1NCCSc1ccccc1. The molecule has 2 aromatic rings. The minimum absolute atomic E-state index is 0.111. The molecule has 0 spiro atoms. The zero-order chi connectivity index (χ0) is 15.3. The zero-order valence-corrected chi connectivity index (χ0v) is 13.4. The molecule has 6 heteroatoms. The van der Waals surface area contributed by atoms with Crippen LogP contribution >= 0.6 is 27.7 Å². The topological polar surface area (TPSA) is 12.0 Å². The summed E-state index contributed by atoms with van der Waals surface area (Å²) < 4.78 is 39.2. The molecule has 21 heavy (non-hydrogen) atoms. The van der Waals surface area contributed by atoms with Crippen molar-refractivity contribution in [1.82, 2.24) is 0 Å². The summed E-state index contributed by atoms with van der Waals surface area (Å²) in [5.74, 6) is 0.692. The molecule has 0 bridgehead atoms. The van der Waals surface area contributed by atoms with Crippen molar-refractivity contribution in [1.29, 1.82) is 0 Å². The van der Waals surface area contributed by atoms with Crippen molar-refractivity contribution in [2.24, 2.45) is 0 Å². The molecule has 0 unspecified atom stereocenters. The molecule has 1 N–H and O–H groups in total. The Balaban J connectivity index is 1.94. The monoisotopic (exact) mass is 375 g/mol. The molecule has 0 heterocycles. The van der Waals surface area contributed by atoms with Crippen molar-refractivity contribution in [3.63, 3.8) is 0 Å². The number of rotatable bonds is 5. The Hall–Kier alpha value is -1.14. The predicted molar refractivity (Wildman–Crippen MR) is 84.8 cm³/mol. The number of hydrogen-bond donors (Lipinski definition) is 1. The van der Waals surface area contributed by atoms with Crippen LogP contribution in [-0.4, -0.2) is 12.3 Å². The maximum Gasteiger partial charge on any atom is 0.418 e. The van der Waals surface area contributed by atoms with Crippen LogP contribution < -0.4 is 5.32 Å². The zero-order valence-electron chi connectivity index (χ0n) is 11.0. The quantitative estimate of drug-likeness (QED) is 0.533. The first-order valence-electron chi connectivity index (χ1n) is 6.25. The van der Waals surface area contributed by atoms with E-state index >= 15 is 0 Å². The Labute approximate surface area is 134 Å². The normalized spacial score (nSPS) is 11.4. The molecule has 0 amide bonds. The summed E-state index contributed by atoms with van der Waals surface area (Å²) in [5, 5.41) is 2.86. The highest BCUT2D eigenvalue weighted by atomic mass is 79.9. The lowest BCUT2D eigenvalue weighted by Gasteiger charge is -2.15. The Kier molecular flexibility index (Phi) is 5.58. The number of alkyl halides is 3. The molecule has 2 aromatic carbocycles. The Bertz CT molecular complexity index is 587. The van der Waals surface area contributed by atoms with Crippen LogP contribution in [0.2, 0.25) is 0 Å². The molecule has 0 saturated heterocycles. The first-order chi connectivity index (χ1) is 9.97. The third-order valence-corrected chi connectivity index (χ3v) is 4.22. The molecule has 0 aliphatic heterocycles. The summed E-state index contributed by atoms with van der Waals surface area (Å²) in [6.45, 7) is 0.463. The maximum absolute atomic E-state index is 12.9. The van der Waals surface area contributed by atoms with Gasteiger partial charge in [0.05, 0.1) is 5.56 Å². The molecular formula is C15H13BrF3NS. The Morgan fingerprint density at radius 2 is 1.76 bits per heavy atom. The fourth-order valence-electron chi connectivity index (χ4n) is 1.78. The second-order valence-corrected chi connectivity index (χ2v) is 6.36. The van der Waals surface area contributed by atoms with Crippen molar-refractivity contribution in [2.45, 2.75) is 11.1 Å². The summed E-state index contributed by atoms with van der Waals surface area (Å²) in [4.78, 5) is 1.10. The van der Waals surface area contributed by atoms with Crippen molar-refractivity contribution in [2.75, 3.05) is 17.6 Å². The molecule has 1 nitrogen and oxygen atoms in total. The highest BCUT2D eigenvalue weighted by Gasteiger charge is 2.33. The maximum atomic E-state index is 12.9. The average molecular weight is 376 g/mol. The highest BCUT2D eigenvalue weighted by molar-refractivity contribution is 9.10. The van der Waals surface area contributed by atoms with Crippen LogP contribution in [0.15, 0.2) is 57.9 Å². The molecule has 0 aliphatic rings. The van der Waals surface area contributed by atoms with Gasteiger partial charge in [0.15, 0.2) is 0 Å². The molecule has 0 radical (unpaired) electrons. The number of benzene rings is 2. The summed E-state index contributed by atoms with van der Waals surface area (Å²) in [7, 11) is 0. The van der Waals surface area contributed by atoms with E-state index in [0.29, 0.717) is 16.8 Å². The van der Waals surface area contributed by atoms with Crippen molar-refractivity contribution in [3.05, 3.63) is 58.6 Å². The minimum Gasteiger partial charge on any atom is -0.384 e. The molecule has 0 fully saturated rings. The van der Waals surface area contributed by atoms with Gasteiger partial charge in [-0.1, -0.05) is 34.1 Å². The first kappa shape index (κ1) is 16.2. The summed E-state index contributed by atoms with van der Waals surface area (Å²) in [6, 6.07) is 13.9. The van der Waals surface area contributed by atoms with Crippen LogP contribution in [0, 0.1) is 0 Å². The van der Waals surface area contributed by atoms with Crippen LogP contribution in [0.25, 0.3) is 0 Å². The van der Waals surface area contributed by atoms with Gasteiger partial charge >= 0.3 is 6.18 Å². The second kappa shape index (κ2) is 7.22. The fraction of sp³-hybridized carbons (Fsp3) is 0.200. The standard InChI is InChI=1S/C15H13BrF3NS/c16-11-6-7-14(13(10-11)15(17,18)19)20-8-9-21-12-4-2-1-3-5-12/h1-7,10,20H,8-9H2.